The van der Waals surface area contributed by atoms with E-state index in [2.05, 4.69) is 0 Å². The Kier molecular flexibility index (Phi) is 12.1. The first-order chi connectivity index (χ1) is 17.2. The lowest BCUT2D eigenvalue weighted by molar-refractivity contribution is -0.151. The first-order valence-corrected chi connectivity index (χ1v) is 12.0. The third-order valence-electron chi connectivity index (χ3n) is 5.31. The third kappa shape index (κ3) is 10.2. The number of carbonyl (C=O) groups is 4. The molecule has 0 heterocycles. The summed E-state index contributed by atoms with van der Waals surface area (Å²) in [6.07, 6.45) is 3.93. The molecular weight excluding hydrogens is 472 g/mol. The second-order valence-corrected chi connectivity index (χ2v) is 8.83. The van der Waals surface area contributed by atoms with Crippen molar-refractivity contribution in [2.75, 3.05) is 26.4 Å². The molecule has 1 aliphatic rings. The molecule has 1 fully saturated rings. The number of ether oxygens (including phenoxy) is 4. The predicted octanol–water partition coefficient (Wildman–Crippen LogP) is 2.35. The van der Waals surface area contributed by atoms with Crippen LogP contribution in [0.2, 0.25) is 0 Å². The Labute approximate surface area is 210 Å². The smallest absolute Gasteiger partial charge is 0.339 e. The zero-order chi connectivity index (χ0) is 26.5. The summed E-state index contributed by atoms with van der Waals surface area (Å²) >= 11 is 0. The van der Waals surface area contributed by atoms with Crippen molar-refractivity contribution in [1.82, 2.24) is 0 Å². The van der Waals surface area contributed by atoms with E-state index in [1.165, 1.54) is 30.3 Å². The van der Waals surface area contributed by atoms with Crippen LogP contribution >= 0.6 is 0 Å². The first kappa shape index (κ1) is 29.0. The Morgan fingerprint density at radius 1 is 0.778 bits per heavy atom. The molecule has 0 saturated heterocycles. The molecule has 0 amide bonds. The maximum atomic E-state index is 12.5. The van der Waals surface area contributed by atoms with Crippen molar-refractivity contribution < 1.29 is 48.3 Å². The number of hydrogen-bond acceptors (Lipinski definition) is 10. The average Bonchev–Trinajstić information content (AvgIpc) is 2.88. The van der Waals surface area contributed by atoms with Gasteiger partial charge < -0.3 is 29.2 Å². The Bertz CT molecular complexity index is 928. The van der Waals surface area contributed by atoms with Gasteiger partial charge in [-0.1, -0.05) is 38.0 Å². The van der Waals surface area contributed by atoms with Crippen LogP contribution in [-0.4, -0.2) is 72.7 Å². The Morgan fingerprint density at radius 3 is 1.75 bits per heavy atom. The van der Waals surface area contributed by atoms with E-state index in [9.17, 15) is 29.4 Å². The van der Waals surface area contributed by atoms with Gasteiger partial charge in [0.15, 0.2) is 0 Å². The second-order valence-electron chi connectivity index (χ2n) is 8.83. The fourth-order valence-corrected chi connectivity index (χ4v) is 3.32. The maximum Gasteiger partial charge on any atom is 0.339 e. The van der Waals surface area contributed by atoms with Crippen LogP contribution in [0.25, 0.3) is 0 Å². The van der Waals surface area contributed by atoms with Crippen LogP contribution in [0.5, 0.6) is 0 Å². The van der Waals surface area contributed by atoms with Crippen LogP contribution in [0.4, 0.5) is 0 Å². The summed E-state index contributed by atoms with van der Waals surface area (Å²) in [4.78, 5) is 48.3. The first-order valence-electron chi connectivity index (χ1n) is 12.0. The zero-order valence-corrected chi connectivity index (χ0v) is 20.6. The number of esters is 4. The van der Waals surface area contributed by atoms with Crippen LogP contribution < -0.4 is 0 Å². The molecule has 1 saturated carbocycles. The molecule has 0 bridgehead atoms. The normalized spacial score (nSPS) is 15.0. The van der Waals surface area contributed by atoms with Gasteiger partial charge in [0, 0.05) is 6.08 Å². The van der Waals surface area contributed by atoms with Gasteiger partial charge in [0.2, 0.25) is 0 Å². The van der Waals surface area contributed by atoms with Crippen molar-refractivity contribution in [2.24, 2.45) is 5.92 Å². The monoisotopic (exact) mass is 506 g/mol. The van der Waals surface area contributed by atoms with E-state index < -0.39 is 49.3 Å². The molecular formula is C26H34O10. The number of aliphatic hydroxyl groups excluding tert-OH is 2. The van der Waals surface area contributed by atoms with Crippen LogP contribution in [-0.2, 0) is 28.5 Å². The molecule has 0 aromatic heterocycles. The lowest BCUT2D eigenvalue weighted by atomic mass is 9.95. The Hall–Kier alpha value is -3.24. The number of benzene rings is 1. The summed E-state index contributed by atoms with van der Waals surface area (Å²) in [5.41, 5.74) is 0.822. The minimum absolute atomic E-state index is 0.102. The maximum absolute atomic E-state index is 12.5. The third-order valence-corrected chi connectivity index (χ3v) is 5.31. The Balaban J connectivity index is 1.80. The number of allylic oxidation sites excluding steroid dienone is 1. The number of hydrogen-bond donors (Lipinski definition) is 2. The van der Waals surface area contributed by atoms with Gasteiger partial charge in [0.25, 0.3) is 0 Å². The molecule has 0 spiro atoms. The molecule has 10 nitrogen and oxygen atoms in total. The molecule has 1 aliphatic carbocycles. The van der Waals surface area contributed by atoms with Gasteiger partial charge in [-0.3, -0.25) is 4.79 Å². The van der Waals surface area contributed by atoms with Gasteiger partial charge in [-0.05, 0) is 37.8 Å². The highest BCUT2D eigenvalue weighted by Crippen LogP contribution is 2.22. The number of carbonyl (C=O) groups excluding carboxylic acids is 4. The largest absolute Gasteiger partial charge is 0.463 e. The SMILES string of the molecule is CC(C)C(=O)OCC(O)COC(=O)c1ccccc1C(=O)OCC(O)COC(=O)C=C1CCCCC1. The van der Waals surface area contributed by atoms with Gasteiger partial charge >= 0.3 is 23.9 Å². The molecule has 1 aromatic rings. The standard InChI is InChI=1S/C26H34O10/c1-17(2)24(30)34-14-20(28)16-36-26(32)22-11-7-6-10-21(22)25(31)35-15-19(27)13-33-23(29)12-18-8-4-3-5-9-18/h6-7,10-12,17,19-20,27-28H,3-5,8-9,13-16H2,1-2H3. The second kappa shape index (κ2) is 15.0. The highest BCUT2D eigenvalue weighted by atomic mass is 16.6. The van der Waals surface area contributed by atoms with Gasteiger partial charge in [-0.25, -0.2) is 14.4 Å². The van der Waals surface area contributed by atoms with E-state index in [1.54, 1.807) is 13.8 Å². The molecule has 36 heavy (non-hydrogen) atoms. The minimum Gasteiger partial charge on any atom is -0.463 e. The molecule has 2 atom stereocenters. The molecule has 198 valence electrons. The summed E-state index contributed by atoms with van der Waals surface area (Å²) in [7, 11) is 0. The van der Waals surface area contributed by atoms with Crippen molar-refractivity contribution in [2.45, 2.75) is 58.2 Å². The Morgan fingerprint density at radius 2 is 1.25 bits per heavy atom. The van der Waals surface area contributed by atoms with Crippen LogP contribution in [0.3, 0.4) is 0 Å². The quantitative estimate of drug-likeness (QED) is 0.246. The van der Waals surface area contributed by atoms with Crippen molar-refractivity contribution in [3.05, 3.63) is 47.0 Å². The average molecular weight is 507 g/mol. The van der Waals surface area contributed by atoms with Crippen molar-refractivity contribution in [1.29, 1.82) is 0 Å². The van der Waals surface area contributed by atoms with E-state index >= 15 is 0 Å². The summed E-state index contributed by atoms with van der Waals surface area (Å²) in [6.45, 7) is 1.70. The van der Waals surface area contributed by atoms with Crippen molar-refractivity contribution >= 4 is 23.9 Å². The molecule has 10 heteroatoms. The van der Waals surface area contributed by atoms with Gasteiger partial charge in [0.05, 0.1) is 17.0 Å². The molecule has 2 rings (SSSR count). The molecule has 1 aromatic carbocycles. The fourth-order valence-electron chi connectivity index (χ4n) is 3.32. The predicted molar refractivity (Wildman–Crippen MR) is 127 cm³/mol. The molecule has 2 N–H and O–H groups in total. The van der Waals surface area contributed by atoms with E-state index in [0.717, 1.165) is 37.7 Å². The summed E-state index contributed by atoms with van der Waals surface area (Å²) in [5, 5.41) is 19.9. The van der Waals surface area contributed by atoms with E-state index in [4.69, 9.17) is 18.9 Å². The number of aliphatic hydroxyl groups is 2. The van der Waals surface area contributed by atoms with Crippen molar-refractivity contribution in [3.8, 4) is 0 Å². The summed E-state index contributed by atoms with van der Waals surface area (Å²) in [5.74, 6) is -3.18. The molecule has 2 unspecified atom stereocenters. The topological polar surface area (TPSA) is 146 Å². The van der Waals surface area contributed by atoms with E-state index in [1.807, 2.05) is 0 Å². The van der Waals surface area contributed by atoms with E-state index in [-0.39, 0.29) is 30.3 Å². The van der Waals surface area contributed by atoms with Gasteiger partial charge in [0.1, 0.15) is 38.6 Å². The fraction of sp³-hybridized carbons (Fsp3) is 0.538. The zero-order valence-electron chi connectivity index (χ0n) is 20.6. The van der Waals surface area contributed by atoms with E-state index in [0.29, 0.717) is 0 Å². The van der Waals surface area contributed by atoms with Crippen molar-refractivity contribution in [3.63, 3.8) is 0 Å². The summed E-state index contributed by atoms with van der Waals surface area (Å²) in [6, 6.07) is 5.73. The lowest BCUT2D eigenvalue weighted by Gasteiger charge is -2.15. The van der Waals surface area contributed by atoms with Gasteiger partial charge in [-0.2, -0.15) is 0 Å². The van der Waals surface area contributed by atoms with Crippen LogP contribution in [0.15, 0.2) is 35.9 Å². The lowest BCUT2D eigenvalue weighted by Crippen LogP contribution is -2.27. The highest BCUT2D eigenvalue weighted by Gasteiger charge is 2.22. The number of rotatable bonds is 12. The summed E-state index contributed by atoms with van der Waals surface area (Å²) < 4.78 is 20.0. The molecule has 0 radical (unpaired) electrons. The van der Waals surface area contributed by atoms with Gasteiger partial charge in [-0.15, -0.1) is 0 Å². The highest BCUT2D eigenvalue weighted by molar-refractivity contribution is 6.03. The van der Waals surface area contributed by atoms with Crippen LogP contribution in [0.1, 0.15) is 66.7 Å². The minimum atomic E-state index is -1.24. The van der Waals surface area contributed by atoms with Crippen LogP contribution in [0, 0.1) is 5.92 Å². The molecule has 0 aliphatic heterocycles.